The molecule has 1 heterocycles. The minimum atomic E-state index is -0.633. The van der Waals surface area contributed by atoms with Crippen LogP contribution in [0.25, 0.3) is 5.57 Å². The van der Waals surface area contributed by atoms with Gasteiger partial charge < -0.3 is 18.9 Å². The first-order chi connectivity index (χ1) is 13.4. The second kappa shape index (κ2) is 7.82. The van der Waals surface area contributed by atoms with Crippen LogP contribution in [0.3, 0.4) is 0 Å². The Morgan fingerprint density at radius 3 is 1.89 bits per heavy atom. The van der Waals surface area contributed by atoms with Crippen LogP contribution < -0.4 is 23.8 Å². The Balaban J connectivity index is 2.06. The number of carbonyl (C=O) groups excluding carboxylic acids is 2. The third-order valence-corrected chi connectivity index (χ3v) is 4.64. The lowest BCUT2D eigenvalue weighted by Crippen LogP contribution is -2.31. The normalized spacial score (nSPS) is 13.8. The van der Waals surface area contributed by atoms with Crippen LogP contribution in [0.5, 0.6) is 23.0 Å². The van der Waals surface area contributed by atoms with Crippen molar-refractivity contribution in [2.75, 3.05) is 33.3 Å². The zero-order chi connectivity index (χ0) is 20.4. The predicted octanol–water partition coefficient (Wildman–Crippen LogP) is 3.24. The summed E-state index contributed by atoms with van der Waals surface area (Å²) in [5.41, 5.74) is 0.813. The first kappa shape index (κ1) is 19.6. The Hall–Kier alpha value is -3.19. The molecule has 2 aromatic carbocycles. The van der Waals surface area contributed by atoms with Crippen molar-refractivity contribution in [2.45, 2.75) is 0 Å². The van der Waals surface area contributed by atoms with Crippen molar-refractivity contribution in [1.29, 1.82) is 0 Å². The van der Waals surface area contributed by atoms with Gasteiger partial charge in [-0.15, -0.1) is 0 Å². The van der Waals surface area contributed by atoms with E-state index in [2.05, 4.69) is 0 Å². The standard InChI is InChI=1S/C20H18ClNO6/c1-25-13-8-12(9-14(10-13)26-2)22-19(23)17(18(21)20(22)24)11-5-6-15(27-3)16(7-11)28-4/h5-10H,1-4H3. The number of ether oxygens (including phenoxy) is 4. The summed E-state index contributed by atoms with van der Waals surface area (Å²) in [6, 6.07) is 9.62. The summed E-state index contributed by atoms with van der Waals surface area (Å²) in [6.45, 7) is 0. The predicted molar refractivity (Wildman–Crippen MR) is 104 cm³/mol. The van der Waals surface area contributed by atoms with Gasteiger partial charge in [-0.25, -0.2) is 4.90 Å². The number of hydrogen-bond donors (Lipinski definition) is 0. The van der Waals surface area contributed by atoms with E-state index in [9.17, 15) is 9.59 Å². The lowest BCUT2D eigenvalue weighted by molar-refractivity contribution is -0.119. The average molecular weight is 404 g/mol. The average Bonchev–Trinajstić information content (AvgIpc) is 2.95. The third kappa shape index (κ3) is 3.25. The molecule has 0 saturated carbocycles. The molecule has 7 nitrogen and oxygen atoms in total. The van der Waals surface area contributed by atoms with Gasteiger partial charge in [0.1, 0.15) is 16.5 Å². The van der Waals surface area contributed by atoms with E-state index in [1.54, 1.807) is 36.4 Å². The molecule has 0 aromatic heterocycles. The van der Waals surface area contributed by atoms with Crippen LogP contribution in [0, 0.1) is 0 Å². The molecule has 3 rings (SSSR count). The summed E-state index contributed by atoms with van der Waals surface area (Å²) in [5.74, 6) is 0.591. The van der Waals surface area contributed by atoms with Gasteiger partial charge in [0.05, 0.1) is 39.7 Å². The van der Waals surface area contributed by atoms with Gasteiger partial charge in [0, 0.05) is 18.2 Å². The maximum atomic E-state index is 13.1. The highest BCUT2D eigenvalue weighted by Gasteiger charge is 2.40. The van der Waals surface area contributed by atoms with Crippen molar-refractivity contribution in [1.82, 2.24) is 0 Å². The molecule has 28 heavy (non-hydrogen) atoms. The third-order valence-electron chi connectivity index (χ3n) is 4.29. The fraction of sp³-hybridized carbons (Fsp3) is 0.200. The minimum Gasteiger partial charge on any atom is -0.497 e. The maximum absolute atomic E-state index is 13.1. The molecule has 0 fully saturated rings. The highest BCUT2D eigenvalue weighted by atomic mass is 35.5. The van der Waals surface area contributed by atoms with Gasteiger partial charge in [-0.1, -0.05) is 17.7 Å². The summed E-state index contributed by atoms with van der Waals surface area (Å²) in [7, 11) is 5.94. The van der Waals surface area contributed by atoms with E-state index >= 15 is 0 Å². The Kier molecular flexibility index (Phi) is 5.46. The highest BCUT2D eigenvalue weighted by Crippen LogP contribution is 2.39. The quantitative estimate of drug-likeness (QED) is 0.689. The number of benzene rings is 2. The molecule has 0 unspecified atom stereocenters. The number of anilines is 1. The molecule has 0 aliphatic carbocycles. The molecule has 0 radical (unpaired) electrons. The molecule has 8 heteroatoms. The summed E-state index contributed by atoms with van der Waals surface area (Å²) in [5, 5.41) is -0.181. The van der Waals surface area contributed by atoms with Crippen molar-refractivity contribution >= 4 is 34.7 Å². The van der Waals surface area contributed by atoms with Crippen LogP contribution in [0.1, 0.15) is 5.56 Å². The Morgan fingerprint density at radius 2 is 1.36 bits per heavy atom. The van der Waals surface area contributed by atoms with E-state index in [1.165, 1.54) is 28.4 Å². The minimum absolute atomic E-state index is 0.0782. The van der Waals surface area contributed by atoms with E-state index in [4.69, 9.17) is 30.5 Å². The van der Waals surface area contributed by atoms with Crippen molar-refractivity contribution in [3.8, 4) is 23.0 Å². The lowest BCUT2D eigenvalue weighted by Gasteiger charge is -2.17. The fourth-order valence-corrected chi connectivity index (χ4v) is 3.18. The van der Waals surface area contributed by atoms with Crippen LogP contribution >= 0.6 is 11.6 Å². The summed E-state index contributed by atoms with van der Waals surface area (Å²) >= 11 is 6.25. The van der Waals surface area contributed by atoms with Crippen LogP contribution in [-0.2, 0) is 9.59 Å². The van der Waals surface area contributed by atoms with Crippen LogP contribution in [-0.4, -0.2) is 40.3 Å². The van der Waals surface area contributed by atoms with E-state index < -0.39 is 11.8 Å². The summed E-state index contributed by atoms with van der Waals surface area (Å²) in [6.07, 6.45) is 0. The number of carbonyl (C=O) groups is 2. The molecule has 0 atom stereocenters. The maximum Gasteiger partial charge on any atom is 0.277 e. The molecule has 0 spiro atoms. The monoisotopic (exact) mass is 403 g/mol. The first-order valence-corrected chi connectivity index (χ1v) is 8.57. The zero-order valence-corrected chi connectivity index (χ0v) is 16.5. The topological polar surface area (TPSA) is 74.3 Å². The molecule has 2 aromatic rings. The molecular weight excluding hydrogens is 386 g/mol. The van der Waals surface area contributed by atoms with Gasteiger partial charge in [-0.3, -0.25) is 9.59 Å². The molecular formula is C20H18ClNO6. The Labute approximate surface area is 167 Å². The lowest BCUT2D eigenvalue weighted by atomic mass is 10.1. The number of methoxy groups -OCH3 is 4. The van der Waals surface area contributed by atoms with Crippen LogP contribution in [0.15, 0.2) is 41.4 Å². The Morgan fingerprint density at radius 1 is 0.750 bits per heavy atom. The number of hydrogen-bond acceptors (Lipinski definition) is 6. The van der Waals surface area contributed by atoms with Crippen LogP contribution in [0.2, 0.25) is 0 Å². The molecule has 2 amide bonds. The van der Waals surface area contributed by atoms with Gasteiger partial charge in [0.2, 0.25) is 0 Å². The summed E-state index contributed by atoms with van der Waals surface area (Å²) in [4.78, 5) is 26.8. The molecule has 0 N–H and O–H groups in total. The van der Waals surface area contributed by atoms with Gasteiger partial charge in [0.25, 0.3) is 11.8 Å². The van der Waals surface area contributed by atoms with E-state index in [0.29, 0.717) is 34.2 Å². The SMILES string of the molecule is COc1cc(OC)cc(N2C(=O)C(Cl)=C(c3ccc(OC)c(OC)c3)C2=O)c1. The van der Waals surface area contributed by atoms with Crippen molar-refractivity contribution in [3.63, 3.8) is 0 Å². The van der Waals surface area contributed by atoms with E-state index in [0.717, 1.165) is 4.90 Å². The molecule has 0 saturated heterocycles. The number of nitrogens with zero attached hydrogens (tertiary/aromatic N) is 1. The second-order valence-corrected chi connectivity index (χ2v) is 6.15. The largest absolute Gasteiger partial charge is 0.497 e. The smallest absolute Gasteiger partial charge is 0.277 e. The molecule has 146 valence electrons. The molecule has 1 aliphatic rings. The van der Waals surface area contributed by atoms with Gasteiger partial charge in [-0.2, -0.15) is 0 Å². The first-order valence-electron chi connectivity index (χ1n) is 8.19. The summed E-state index contributed by atoms with van der Waals surface area (Å²) < 4.78 is 20.9. The van der Waals surface area contributed by atoms with Crippen LogP contribution in [0.4, 0.5) is 5.69 Å². The number of imide groups is 1. The van der Waals surface area contributed by atoms with Crippen molar-refractivity contribution < 1.29 is 28.5 Å². The highest BCUT2D eigenvalue weighted by molar-refractivity contribution is 6.60. The number of amides is 2. The number of halogens is 1. The fourth-order valence-electron chi connectivity index (χ4n) is 2.90. The second-order valence-electron chi connectivity index (χ2n) is 5.78. The van der Waals surface area contributed by atoms with Gasteiger partial charge in [0.15, 0.2) is 11.5 Å². The Bertz CT molecular complexity index is 962. The van der Waals surface area contributed by atoms with Gasteiger partial charge in [-0.05, 0) is 17.7 Å². The zero-order valence-electron chi connectivity index (χ0n) is 15.7. The molecule has 1 aliphatic heterocycles. The number of rotatable bonds is 6. The van der Waals surface area contributed by atoms with Crippen molar-refractivity contribution in [2.24, 2.45) is 0 Å². The van der Waals surface area contributed by atoms with Crippen molar-refractivity contribution in [3.05, 3.63) is 47.0 Å². The van der Waals surface area contributed by atoms with Gasteiger partial charge >= 0.3 is 0 Å². The van der Waals surface area contributed by atoms with E-state index in [-0.39, 0.29) is 10.6 Å². The van der Waals surface area contributed by atoms with E-state index in [1.807, 2.05) is 0 Å². The molecule has 0 bridgehead atoms.